The lowest BCUT2D eigenvalue weighted by atomic mass is 10.1. The third-order valence-corrected chi connectivity index (χ3v) is 6.08. The Hall–Kier alpha value is -4.57. The van der Waals surface area contributed by atoms with Gasteiger partial charge in [0.2, 0.25) is 0 Å². The highest BCUT2D eigenvalue weighted by Gasteiger charge is 2.27. The van der Waals surface area contributed by atoms with E-state index in [2.05, 4.69) is 10.5 Å². The van der Waals surface area contributed by atoms with E-state index in [4.69, 9.17) is 4.18 Å². The molecule has 0 saturated heterocycles. The number of nitro groups is 1. The number of hydrogen-bond acceptors (Lipinski definition) is 7. The molecule has 0 aromatic heterocycles. The third kappa shape index (κ3) is 5.08. The van der Waals surface area contributed by atoms with E-state index < -0.39 is 31.5 Å². The molecule has 1 N–H and O–H groups in total. The van der Waals surface area contributed by atoms with E-state index in [0.29, 0.717) is 11.1 Å². The third-order valence-electron chi connectivity index (χ3n) is 4.79. The van der Waals surface area contributed by atoms with Crippen LogP contribution in [-0.2, 0) is 10.1 Å². The molecule has 0 saturated carbocycles. The van der Waals surface area contributed by atoms with Crippen LogP contribution in [0.15, 0.2) is 101 Å². The van der Waals surface area contributed by atoms with Gasteiger partial charge in [0.05, 0.1) is 11.1 Å². The minimum atomic E-state index is -4.45. The summed E-state index contributed by atoms with van der Waals surface area (Å²) in [6.45, 7) is 0. The number of para-hydroxylation sites is 1. The molecule has 10 heteroatoms. The molecule has 4 aromatic carbocycles. The van der Waals surface area contributed by atoms with Gasteiger partial charge >= 0.3 is 10.1 Å². The van der Waals surface area contributed by atoms with Crippen LogP contribution in [0.1, 0.15) is 15.9 Å². The molecule has 0 fully saturated rings. The van der Waals surface area contributed by atoms with Crippen LogP contribution in [0.5, 0.6) is 5.75 Å². The highest BCUT2D eigenvalue weighted by molar-refractivity contribution is 7.87. The summed E-state index contributed by atoms with van der Waals surface area (Å²) in [5.74, 6) is -0.476. The second-order valence-corrected chi connectivity index (χ2v) is 8.61. The first kappa shape index (κ1) is 22.6. The Balaban J connectivity index is 1.47. The number of nitrogens with zero attached hydrogens (tertiary/aromatic N) is 2. The summed E-state index contributed by atoms with van der Waals surface area (Å²) in [5, 5.41) is 17.0. The van der Waals surface area contributed by atoms with E-state index in [1.54, 1.807) is 18.2 Å². The van der Waals surface area contributed by atoms with Gasteiger partial charge < -0.3 is 4.18 Å². The second kappa shape index (κ2) is 9.51. The van der Waals surface area contributed by atoms with E-state index in [1.807, 2.05) is 30.3 Å². The Bertz CT molecular complexity index is 1530. The zero-order valence-electron chi connectivity index (χ0n) is 17.5. The standard InChI is InChI=1S/C24H17N3O6S/c28-24(20-13-12-18-7-1-2-8-19(18)15-20)26-25-16-17-6-5-9-21(14-17)33-34(31,32)23-11-4-3-10-22(23)27(29)30/h1-16H,(H,26,28)/b25-16-. The van der Waals surface area contributed by atoms with Crippen LogP contribution in [0, 0.1) is 10.1 Å². The predicted octanol–water partition coefficient (Wildman–Crippen LogP) is 4.28. The van der Waals surface area contributed by atoms with Crippen LogP contribution in [0.25, 0.3) is 10.8 Å². The van der Waals surface area contributed by atoms with Gasteiger partial charge in [0.25, 0.3) is 11.6 Å². The molecule has 0 unspecified atom stereocenters. The zero-order chi connectivity index (χ0) is 24.1. The van der Waals surface area contributed by atoms with Gasteiger partial charge in [-0.25, -0.2) is 5.43 Å². The van der Waals surface area contributed by atoms with Crippen molar-refractivity contribution >= 4 is 38.7 Å². The monoisotopic (exact) mass is 475 g/mol. The van der Waals surface area contributed by atoms with Gasteiger partial charge in [-0.3, -0.25) is 14.9 Å². The number of hydrogen-bond donors (Lipinski definition) is 1. The molecular formula is C24H17N3O6S. The summed E-state index contributed by atoms with van der Waals surface area (Å²) >= 11 is 0. The number of rotatable bonds is 7. The minimum Gasteiger partial charge on any atom is -0.379 e. The maximum atomic E-state index is 12.6. The molecular weight excluding hydrogens is 458 g/mol. The first-order valence-corrected chi connectivity index (χ1v) is 11.3. The number of amides is 1. The molecule has 0 aliphatic rings. The van der Waals surface area contributed by atoms with Gasteiger partial charge in [0, 0.05) is 11.6 Å². The first-order valence-electron chi connectivity index (χ1n) is 9.94. The Morgan fingerprint density at radius 3 is 2.44 bits per heavy atom. The maximum absolute atomic E-state index is 12.6. The summed E-state index contributed by atoms with van der Waals surface area (Å²) in [6, 6.07) is 23.7. The van der Waals surface area contributed by atoms with E-state index in [-0.39, 0.29) is 5.75 Å². The summed E-state index contributed by atoms with van der Waals surface area (Å²) in [7, 11) is -4.45. The van der Waals surface area contributed by atoms with Gasteiger partial charge in [-0.1, -0.05) is 54.6 Å². The number of carbonyl (C=O) groups is 1. The van der Waals surface area contributed by atoms with Gasteiger partial charge in [0.1, 0.15) is 5.75 Å². The predicted molar refractivity (Wildman–Crippen MR) is 126 cm³/mol. The Morgan fingerprint density at radius 1 is 0.912 bits per heavy atom. The zero-order valence-corrected chi connectivity index (χ0v) is 18.3. The lowest BCUT2D eigenvalue weighted by Gasteiger charge is -2.08. The van der Waals surface area contributed by atoms with Crippen molar-refractivity contribution in [1.82, 2.24) is 5.43 Å². The quantitative estimate of drug-likeness (QED) is 0.184. The van der Waals surface area contributed by atoms with Gasteiger partial charge in [-0.2, -0.15) is 13.5 Å². The van der Waals surface area contributed by atoms with E-state index in [0.717, 1.165) is 22.9 Å². The van der Waals surface area contributed by atoms with Crippen LogP contribution in [0.2, 0.25) is 0 Å². The average Bonchev–Trinajstić information content (AvgIpc) is 2.83. The van der Waals surface area contributed by atoms with E-state index in [1.165, 1.54) is 36.5 Å². The number of nitrogens with one attached hydrogen (secondary N) is 1. The Labute approximate surface area is 194 Å². The molecule has 34 heavy (non-hydrogen) atoms. The fourth-order valence-electron chi connectivity index (χ4n) is 3.20. The topological polar surface area (TPSA) is 128 Å². The van der Waals surface area contributed by atoms with Gasteiger partial charge in [0.15, 0.2) is 4.90 Å². The normalized spacial score (nSPS) is 11.4. The average molecular weight is 475 g/mol. The lowest BCUT2D eigenvalue weighted by molar-refractivity contribution is -0.387. The van der Waals surface area contributed by atoms with E-state index >= 15 is 0 Å². The number of fused-ring (bicyclic) bond motifs is 1. The van der Waals surface area contributed by atoms with Crippen LogP contribution in [0.3, 0.4) is 0 Å². The molecule has 0 spiro atoms. The highest BCUT2D eigenvalue weighted by atomic mass is 32.2. The largest absolute Gasteiger partial charge is 0.379 e. The molecule has 0 bridgehead atoms. The van der Waals surface area contributed by atoms with E-state index in [9.17, 15) is 23.3 Å². The molecule has 4 rings (SSSR count). The van der Waals surface area contributed by atoms with Crippen molar-refractivity contribution in [3.63, 3.8) is 0 Å². The van der Waals surface area contributed by atoms with Crippen LogP contribution >= 0.6 is 0 Å². The molecule has 9 nitrogen and oxygen atoms in total. The Kier molecular flexibility index (Phi) is 6.33. The van der Waals surface area contributed by atoms with Crippen molar-refractivity contribution in [3.8, 4) is 5.75 Å². The van der Waals surface area contributed by atoms with Crippen molar-refractivity contribution in [2.24, 2.45) is 5.10 Å². The van der Waals surface area contributed by atoms with Gasteiger partial charge in [-0.15, -0.1) is 0 Å². The summed E-state index contributed by atoms with van der Waals surface area (Å²) in [6.07, 6.45) is 1.32. The van der Waals surface area contributed by atoms with Crippen molar-refractivity contribution in [2.75, 3.05) is 0 Å². The fraction of sp³-hybridized carbons (Fsp3) is 0. The number of nitro benzene ring substituents is 1. The molecule has 170 valence electrons. The highest BCUT2D eigenvalue weighted by Crippen LogP contribution is 2.26. The molecule has 4 aromatic rings. The molecule has 0 aliphatic carbocycles. The smallest absolute Gasteiger partial charge is 0.346 e. The van der Waals surface area contributed by atoms with Crippen LogP contribution < -0.4 is 9.61 Å². The summed E-state index contributed by atoms with van der Waals surface area (Å²) < 4.78 is 30.2. The maximum Gasteiger partial charge on any atom is 0.346 e. The number of hydrazone groups is 1. The van der Waals surface area contributed by atoms with Gasteiger partial charge in [-0.05, 0) is 46.7 Å². The fourth-order valence-corrected chi connectivity index (χ4v) is 4.29. The van der Waals surface area contributed by atoms with Crippen molar-refractivity contribution < 1.29 is 22.3 Å². The molecule has 0 aliphatic heterocycles. The number of benzene rings is 4. The first-order chi connectivity index (χ1) is 16.3. The molecule has 1 amide bonds. The van der Waals surface area contributed by atoms with Crippen LogP contribution in [0.4, 0.5) is 5.69 Å². The molecule has 0 radical (unpaired) electrons. The minimum absolute atomic E-state index is 0.0667. The van der Waals surface area contributed by atoms with Crippen LogP contribution in [-0.4, -0.2) is 25.5 Å². The SMILES string of the molecule is O=C(N/N=C\c1cccc(OS(=O)(=O)c2ccccc2[N+](=O)[O-])c1)c1ccc2ccccc2c1. The van der Waals surface area contributed by atoms with Crippen molar-refractivity contribution in [2.45, 2.75) is 4.90 Å². The number of carbonyl (C=O) groups excluding carboxylic acids is 1. The van der Waals surface area contributed by atoms with Crippen molar-refractivity contribution in [1.29, 1.82) is 0 Å². The second-order valence-electron chi connectivity index (χ2n) is 7.10. The summed E-state index contributed by atoms with van der Waals surface area (Å²) in [4.78, 5) is 22.2. The molecule has 0 heterocycles. The summed E-state index contributed by atoms with van der Waals surface area (Å²) in [5.41, 5.74) is 2.71. The Morgan fingerprint density at radius 2 is 1.65 bits per heavy atom. The molecule has 0 atom stereocenters. The van der Waals surface area contributed by atoms with Crippen molar-refractivity contribution in [3.05, 3.63) is 112 Å². The lowest BCUT2D eigenvalue weighted by Crippen LogP contribution is -2.17.